The van der Waals surface area contributed by atoms with Crippen molar-refractivity contribution in [3.05, 3.63) is 177 Å². The second-order valence-electron chi connectivity index (χ2n) is 21.7. The number of carbonyl (C=O) groups is 2. The molecule has 410 valence electrons. The highest BCUT2D eigenvalue weighted by molar-refractivity contribution is 7.86. The van der Waals surface area contributed by atoms with Crippen LogP contribution in [-0.4, -0.2) is 54.3 Å². The third-order valence-corrected chi connectivity index (χ3v) is 16.5. The molecule has 2 aliphatic rings. The molecule has 0 saturated heterocycles. The minimum absolute atomic E-state index is 0.0577. The van der Waals surface area contributed by atoms with Gasteiger partial charge in [0.2, 0.25) is 17.5 Å². The normalized spacial score (nSPS) is 14.8. The highest BCUT2D eigenvalue weighted by atomic mass is 32.2. The van der Waals surface area contributed by atoms with E-state index in [2.05, 4.69) is 127 Å². The molecular weight excluding hydrogens is 989 g/mol. The summed E-state index contributed by atoms with van der Waals surface area (Å²) >= 11 is 0. The summed E-state index contributed by atoms with van der Waals surface area (Å²) in [6, 6.07) is 42.7. The number of nitrogens with zero attached hydrogens (tertiary/aromatic N) is 2. The van der Waals surface area contributed by atoms with Gasteiger partial charge in [0.25, 0.3) is 10.1 Å². The Morgan fingerprint density at radius 1 is 0.603 bits per heavy atom. The van der Waals surface area contributed by atoms with Crippen molar-refractivity contribution >= 4 is 61.7 Å². The molecule has 3 N–H and O–H groups in total. The van der Waals surface area contributed by atoms with Crippen LogP contribution in [0.15, 0.2) is 138 Å². The van der Waals surface area contributed by atoms with Crippen molar-refractivity contribution in [2.24, 2.45) is 0 Å². The Balaban J connectivity index is 1.01. The van der Waals surface area contributed by atoms with Crippen molar-refractivity contribution in [2.75, 3.05) is 28.6 Å². The van der Waals surface area contributed by atoms with Crippen LogP contribution < -0.4 is 20.3 Å². The topological polar surface area (TPSA) is 128 Å². The number of ether oxygens (including phenoxy) is 1. The third kappa shape index (κ3) is 15.0. The van der Waals surface area contributed by atoms with E-state index >= 15 is 0 Å². The monoisotopic (exact) mass is 1070 g/mol. The summed E-state index contributed by atoms with van der Waals surface area (Å²) in [5.74, 6) is 0.595. The minimum Gasteiger partial charge on any atom is -0.485 e. The van der Waals surface area contributed by atoms with Gasteiger partial charge >= 0.3 is 0 Å². The molecule has 1 fully saturated rings. The summed E-state index contributed by atoms with van der Waals surface area (Å²) in [4.78, 5) is 25.2. The fourth-order valence-corrected chi connectivity index (χ4v) is 12.5. The van der Waals surface area contributed by atoms with Gasteiger partial charge in [-0.25, -0.2) is 0 Å². The fourth-order valence-electron chi connectivity index (χ4n) is 11.8. The molecule has 0 spiro atoms. The molecule has 8 rings (SSSR count). The maximum atomic E-state index is 13.1. The Morgan fingerprint density at radius 3 is 1.69 bits per heavy atom. The van der Waals surface area contributed by atoms with Crippen molar-refractivity contribution < 1.29 is 31.9 Å². The standard InChI is InChI=1S/C67H80N4O6S/c1-47-23-21-24-48(2)66(47)70(43-19-13-9-7-11-15-27-53-31-35-55(36-32-53)68-51(5)72)57-39-41-59-62(45-57)77-63-46-58(40-42-60(63)65(59)61-29-17-18-30-64(61)78(74,75)76)71(67-49(3)25-22-26-50(67)4)44-20-14-10-8-12-16-28-54-33-37-56(38-34-54)69-52(6)73/h17-18,21-26,29-39,41,45,63H,7-16,19-20,27-28,40,42-44,46H2,1-6H3,(H2-,68,69,72,73,74,75,76)/p+1. The van der Waals surface area contributed by atoms with E-state index in [-0.39, 0.29) is 22.8 Å². The summed E-state index contributed by atoms with van der Waals surface area (Å²) in [5.41, 5.74) is 17.2. The van der Waals surface area contributed by atoms with Crippen LogP contribution in [0.2, 0.25) is 0 Å². The Hall–Kier alpha value is -6.82. The molecule has 1 saturated carbocycles. The van der Waals surface area contributed by atoms with Gasteiger partial charge in [-0.05, 0) is 149 Å². The molecule has 6 aromatic carbocycles. The zero-order chi connectivity index (χ0) is 55.2. The maximum Gasteiger partial charge on any atom is 0.295 e. The van der Waals surface area contributed by atoms with E-state index in [0.717, 1.165) is 111 Å². The Morgan fingerprint density at radius 2 is 1.13 bits per heavy atom. The molecule has 78 heavy (non-hydrogen) atoms. The molecule has 1 heterocycles. The molecule has 1 aliphatic carbocycles. The van der Waals surface area contributed by atoms with Gasteiger partial charge in [0.1, 0.15) is 23.3 Å². The van der Waals surface area contributed by atoms with E-state index in [1.807, 2.05) is 36.4 Å². The number of hydrogen-bond acceptors (Lipinski definition) is 6. The molecule has 10 nitrogen and oxygen atoms in total. The molecule has 0 aromatic heterocycles. The van der Waals surface area contributed by atoms with Crippen LogP contribution in [0.4, 0.5) is 28.4 Å². The number of rotatable bonds is 25. The van der Waals surface area contributed by atoms with Crippen LogP contribution in [0.1, 0.15) is 155 Å². The van der Waals surface area contributed by atoms with Gasteiger partial charge in [-0.2, -0.15) is 13.0 Å². The highest BCUT2D eigenvalue weighted by Gasteiger charge is 2.39. The van der Waals surface area contributed by atoms with Gasteiger partial charge in [-0.3, -0.25) is 14.1 Å². The number of amides is 2. The number of carbonyl (C=O) groups excluding carboxylic acids is 2. The minimum atomic E-state index is -4.56. The smallest absolute Gasteiger partial charge is 0.295 e. The van der Waals surface area contributed by atoms with Crippen molar-refractivity contribution in [1.29, 1.82) is 0 Å². The van der Waals surface area contributed by atoms with Crippen LogP contribution in [0.3, 0.4) is 0 Å². The lowest BCUT2D eigenvalue weighted by Crippen LogP contribution is -2.35. The molecule has 1 atom stereocenters. The number of nitrogens with one attached hydrogen (secondary N) is 2. The lowest BCUT2D eigenvalue weighted by molar-refractivity contribution is -0.445. The maximum absolute atomic E-state index is 13.1. The SMILES string of the molecule is CC(=O)Nc1ccc(CCCCCCCCN(c2ccc3c(c2)OC2CC(=[N+](CCCCCCCCc4ccc(NC(C)=O)cc4)c4c(C)cccc4C)CCC2=C3c2ccccc2S(=O)(=O)O)c2c(C)cccc2C)cc1. The lowest BCUT2D eigenvalue weighted by atomic mass is 9.80. The second-order valence-corrected chi connectivity index (χ2v) is 23.1. The first-order chi connectivity index (χ1) is 37.6. The van der Waals surface area contributed by atoms with Crippen molar-refractivity contribution in [3.8, 4) is 5.75 Å². The van der Waals surface area contributed by atoms with Crippen LogP contribution in [0.25, 0.3) is 5.57 Å². The predicted molar refractivity (Wildman–Crippen MR) is 320 cm³/mol. The number of benzene rings is 6. The molecule has 0 radical (unpaired) electrons. The molecule has 6 aromatic rings. The van der Waals surface area contributed by atoms with E-state index in [0.29, 0.717) is 24.2 Å². The third-order valence-electron chi connectivity index (χ3n) is 15.6. The molecule has 1 aliphatic heterocycles. The summed E-state index contributed by atoms with van der Waals surface area (Å²) in [5, 5.41) is 5.69. The predicted octanol–water partition coefficient (Wildman–Crippen LogP) is 15.9. The number of aryl methyl sites for hydroxylation is 6. The molecular formula is C67H81N4O6S+. The van der Waals surface area contributed by atoms with Crippen LogP contribution in [0.5, 0.6) is 5.75 Å². The lowest BCUT2D eigenvalue weighted by Gasteiger charge is -2.36. The second kappa shape index (κ2) is 27.2. The van der Waals surface area contributed by atoms with Crippen LogP contribution in [-0.2, 0) is 32.5 Å². The van der Waals surface area contributed by atoms with E-state index in [4.69, 9.17) is 4.74 Å². The van der Waals surface area contributed by atoms with E-state index in [9.17, 15) is 22.6 Å². The average Bonchev–Trinajstić information content (AvgIpc) is 3.51. The van der Waals surface area contributed by atoms with Crippen molar-refractivity contribution in [3.63, 3.8) is 0 Å². The van der Waals surface area contributed by atoms with Crippen molar-refractivity contribution in [2.45, 2.75) is 162 Å². The average molecular weight is 1070 g/mol. The fraction of sp³-hybridized carbons (Fsp3) is 0.388. The zero-order valence-electron chi connectivity index (χ0n) is 46.9. The molecule has 0 bridgehead atoms. The highest BCUT2D eigenvalue weighted by Crippen LogP contribution is 2.48. The Kier molecular flexibility index (Phi) is 20.0. The van der Waals surface area contributed by atoms with E-state index in [1.165, 1.54) is 102 Å². The number of hydrogen-bond donors (Lipinski definition) is 3. The van der Waals surface area contributed by atoms with E-state index in [1.54, 1.807) is 6.07 Å². The summed E-state index contributed by atoms with van der Waals surface area (Å²) in [7, 11) is -4.56. The summed E-state index contributed by atoms with van der Waals surface area (Å²) in [6.07, 6.45) is 17.5. The van der Waals surface area contributed by atoms with Crippen molar-refractivity contribution in [1.82, 2.24) is 0 Å². The van der Waals surface area contributed by atoms with E-state index < -0.39 is 10.1 Å². The quantitative estimate of drug-likeness (QED) is 0.0296. The summed E-state index contributed by atoms with van der Waals surface area (Å²) < 4.78 is 46.8. The van der Waals surface area contributed by atoms with Gasteiger partial charge in [0.15, 0.2) is 5.71 Å². The van der Waals surface area contributed by atoms with Gasteiger partial charge in [-0.1, -0.05) is 124 Å². The zero-order valence-corrected chi connectivity index (χ0v) is 47.7. The first-order valence-electron chi connectivity index (χ1n) is 28.5. The van der Waals surface area contributed by atoms with Crippen LogP contribution >= 0.6 is 0 Å². The first-order valence-corrected chi connectivity index (χ1v) is 29.9. The molecule has 11 heteroatoms. The number of para-hydroxylation sites is 2. The number of anilines is 4. The largest absolute Gasteiger partial charge is 0.485 e. The number of unbranched alkanes of at least 4 members (excludes halogenated alkanes) is 10. The Bertz CT molecular complexity index is 3190. The van der Waals surface area contributed by atoms with Gasteiger partial charge in [0.05, 0.1) is 6.42 Å². The summed E-state index contributed by atoms with van der Waals surface area (Å²) in [6.45, 7) is 13.6. The van der Waals surface area contributed by atoms with Crippen LogP contribution in [0, 0.1) is 27.7 Å². The first kappa shape index (κ1) is 57.4. The number of fused-ring (bicyclic) bond motifs is 2. The Labute approximate surface area is 464 Å². The van der Waals surface area contributed by atoms with Gasteiger partial charge < -0.3 is 20.3 Å². The molecule has 2 amide bonds. The molecule has 1 unspecified atom stereocenters. The van der Waals surface area contributed by atoms with Gasteiger partial charge in [0, 0.05) is 84.3 Å². The van der Waals surface area contributed by atoms with Gasteiger partial charge in [-0.15, -0.1) is 0 Å².